The molecule has 0 aromatic carbocycles. The van der Waals surface area contributed by atoms with Crippen LogP contribution in [0, 0.1) is 0 Å². The normalized spacial score (nSPS) is 10.9. The quantitative estimate of drug-likeness (QED) is 0.434. The summed E-state index contributed by atoms with van der Waals surface area (Å²) in [6, 6.07) is 1.26. The van der Waals surface area contributed by atoms with Crippen LogP contribution in [0.3, 0.4) is 0 Å². The lowest BCUT2D eigenvalue weighted by atomic mass is 10.4. The van der Waals surface area contributed by atoms with Crippen molar-refractivity contribution in [2.75, 3.05) is 13.1 Å². The molecule has 20 heavy (non-hydrogen) atoms. The zero-order chi connectivity index (χ0) is 15.1. The molecule has 110 valence electrons. The second kappa shape index (κ2) is 7.53. The molecule has 0 radical (unpaired) electrons. The van der Waals surface area contributed by atoms with Gasteiger partial charge in [-0.2, -0.15) is 5.11 Å². The van der Waals surface area contributed by atoms with Crippen LogP contribution >= 0.6 is 11.9 Å². The van der Waals surface area contributed by atoms with E-state index in [2.05, 4.69) is 15.2 Å². The van der Waals surface area contributed by atoms with Crippen molar-refractivity contribution < 1.29 is 19.8 Å². The molecule has 3 N–H and O–H groups in total. The van der Waals surface area contributed by atoms with Crippen LogP contribution in [-0.2, 0) is 9.59 Å². The summed E-state index contributed by atoms with van der Waals surface area (Å²) in [7, 11) is 0. The third-order valence-corrected chi connectivity index (χ3v) is 3.17. The van der Waals surface area contributed by atoms with E-state index in [1.807, 2.05) is 6.92 Å². The van der Waals surface area contributed by atoms with Crippen LogP contribution in [0.4, 0.5) is 0 Å². The van der Waals surface area contributed by atoms with Crippen molar-refractivity contribution in [3.8, 4) is 11.8 Å². The number of carbonyl (C=O) groups excluding carboxylic acids is 2. The average molecular weight is 300 g/mol. The number of hydrogen-bond acceptors (Lipinski definition) is 6. The molecule has 0 bridgehead atoms. The van der Waals surface area contributed by atoms with Gasteiger partial charge in [-0.1, -0.05) is 6.92 Å². The predicted molar refractivity (Wildman–Crippen MR) is 72.4 cm³/mol. The number of aromatic hydroxyl groups is 2. The summed E-state index contributed by atoms with van der Waals surface area (Å²) in [4.78, 5) is 25.9. The highest BCUT2D eigenvalue weighted by Gasteiger charge is 2.24. The molecule has 0 spiro atoms. The molecular weight excluding hydrogens is 284 g/mol. The molecule has 0 aliphatic carbocycles. The number of carbonyl (C=O) groups is 2. The number of nitrogens with zero attached hydrogens (tertiary/aromatic N) is 3. The van der Waals surface area contributed by atoms with Crippen LogP contribution in [0.1, 0.15) is 20.3 Å². The lowest BCUT2D eigenvalue weighted by Crippen LogP contribution is -2.30. The van der Waals surface area contributed by atoms with Crippen molar-refractivity contribution in [3.05, 3.63) is 6.07 Å². The Bertz CT molecular complexity index is 515. The summed E-state index contributed by atoms with van der Waals surface area (Å²) in [5.41, 5.74) is 0. The van der Waals surface area contributed by atoms with E-state index in [1.54, 1.807) is 6.92 Å². The minimum Gasteiger partial charge on any atom is -0.494 e. The first-order chi connectivity index (χ1) is 9.49. The molecule has 2 amide bonds. The van der Waals surface area contributed by atoms with Gasteiger partial charge in [-0.25, -0.2) is 0 Å². The molecule has 0 aliphatic heterocycles. The summed E-state index contributed by atoms with van der Waals surface area (Å²) in [6.45, 7) is 4.14. The number of aromatic amines is 1. The smallest absolute Gasteiger partial charge is 0.354 e. The van der Waals surface area contributed by atoms with Crippen LogP contribution in [0.5, 0.6) is 11.8 Å². The van der Waals surface area contributed by atoms with Gasteiger partial charge in [0.15, 0.2) is 5.88 Å². The van der Waals surface area contributed by atoms with Gasteiger partial charge in [-0.15, -0.1) is 5.11 Å². The lowest BCUT2D eigenvalue weighted by molar-refractivity contribution is -0.140. The Labute approximate surface area is 120 Å². The maximum Gasteiger partial charge on any atom is 0.354 e. The van der Waals surface area contributed by atoms with E-state index in [1.165, 1.54) is 10.4 Å². The first kappa shape index (κ1) is 16.0. The molecule has 8 nitrogen and oxygen atoms in total. The lowest BCUT2D eigenvalue weighted by Gasteiger charge is -2.17. The maximum absolute atomic E-state index is 11.9. The number of rotatable bonds is 5. The molecule has 1 aromatic heterocycles. The largest absolute Gasteiger partial charge is 0.494 e. The monoisotopic (exact) mass is 300 g/mol. The number of H-pyrrole nitrogens is 1. The second-order valence-electron chi connectivity index (χ2n) is 3.73. The zero-order valence-electron chi connectivity index (χ0n) is 11.2. The molecule has 0 saturated heterocycles. The van der Waals surface area contributed by atoms with Gasteiger partial charge in [0, 0.05) is 12.6 Å². The van der Waals surface area contributed by atoms with Crippen LogP contribution < -0.4 is 0 Å². The summed E-state index contributed by atoms with van der Waals surface area (Å²) in [6.07, 6.45) is 0.619. The summed E-state index contributed by atoms with van der Waals surface area (Å²) in [5, 5.41) is 25.5. The van der Waals surface area contributed by atoms with Gasteiger partial charge in [-0.3, -0.25) is 18.9 Å². The minimum absolute atomic E-state index is 0.231. The van der Waals surface area contributed by atoms with Gasteiger partial charge in [0.05, 0.1) is 11.4 Å². The van der Waals surface area contributed by atoms with Crippen molar-refractivity contribution in [2.45, 2.75) is 25.2 Å². The summed E-state index contributed by atoms with van der Waals surface area (Å²) < 4.78 is 1.17. The molecule has 0 atom stereocenters. The van der Waals surface area contributed by atoms with Gasteiger partial charge >= 0.3 is 11.8 Å². The Kier molecular flexibility index (Phi) is 6.04. The van der Waals surface area contributed by atoms with Crippen LogP contribution in [-0.4, -0.2) is 44.4 Å². The maximum atomic E-state index is 11.9. The van der Waals surface area contributed by atoms with E-state index in [9.17, 15) is 19.8 Å². The Balaban J connectivity index is 2.83. The van der Waals surface area contributed by atoms with E-state index < -0.39 is 11.8 Å². The minimum atomic E-state index is -0.966. The molecule has 9 heteroatoms. The molecule has 0 saturated carbocycles. The van der Waals surface area contributed by atoms with E-state index in [0.29, 0.717) is 19.5 Å². The van der Waals surface area contributed by atoms with Gasteiger partial charge in [-0.05, 0) is 25.3 Å². The fraction of sp³-hybridized carbons (Fsp3) is 0.455. The van der Waals surface area contributed by atoms with Gasteiger partial charge < -0.3 is 10.2 Å². The van der Waals surface area contributed by atoms with Gasteiger partial charge in [0.25, 0.3) is 0 Å². The van der Waals surface area contributed by atoms with Crippen molar-refractivity contribution >= 4 is 23.8 Å². The molecule has 0 fully saturated rings. The van der Waals surface area contributed by atoms with E-state index in [0.717, 1.165) is 11.9 Å². The van der Waals surface area contributed by atoms with Crippen molar-refractivity contribution in [1.29, 1.82) is 0 Å². The Morgan fingerprint density at radius 1 is 1.40 bits per heavy atom. The standard InChI is InChI=1S/C11H16N4O4S/c1-3-5-15(11(19)10(18)14-12-4-2)20-7-6-8(16)13-9(7)17/h6,13,16-17H,3-5H2,1-2H3. The number of nitrogens with one attached hydrogen (secondary N) is 1. The number of hydrogen-bond donors (Lipinski definition) is 3. The first-order valence-electron chi connectivity index (χ1n) is 6.01. The molecule has 1 rings (SSSR count). The van der Waals surface area contributed by atoms with Crippen LogP contribution in [0.2, 0.25) is 0 Å². The number of amides is 2. The van der Waals surface area contributed by atoms with Crippen LogP contribution in [0.25, 0.3) is 0 Å². The highest BCUT2D eigenvalue weighted by atomic mass is 32.2. The van der Waals surface area contributed by atoms with E-state index >= 15 is 0 Å². The fourth-order valence-corrected chi connectivity index (χ4v) is 2.25. The molecule has 0 aliphatic rings. The summed E-state index contributed by atoms with van der Waals surface area (Å²) >= 11 is 0.851. The molecular formula is C11H16N4O4S. The summed E-state index contributed by atoms with van der Waals surface area (Å²) in [5.74, 6) is -2.30. The first-order valence-corrected chi connectivity index (χ1v) is 6.79. The highest BCUT2D eigenvalue weighted by molar-refractivity contribution is 7.97. The van der Waals surface area contributed by atoms with E-state index in [4.69, 9.17) is 0 Å². The highest BCUT2D eigenvalue weighted by Crippen LogP contribution is 2.33. The Morgan fingerprint density at radius 2 is 2.10 bits per heavy atom. The van der Waals surface area contributed by atoms with E-state index in [-0.39, 0.29) is 16.7 Å². The van der Waals surface area contributed by atoms with Crippen molar-refractivity contribution in [2.24, 2.45) is 10.2 Å². The topological polar surface area (TPSA) is 118 Å². The van der Waals surface area contributed by atoms with Gasteiger partial charge in [0.2, 0.25) is 5.88 Å². The Morgan fingerprint density at radius 3 is 2.60 bits per heavy atom. The van der Waals surface area contributed by atoms with Gasteiger partial charge in [0.1, 0.15) is 0 Å². The van der Waals surface area contributed by atoms with Crippen molar-refractivity contribution in [1.82, 2.24) is 9.29 Å². The zero-order valence-corrected chi connectivity index (χ0v) is 12.0. The molecule has 1 heterocycles. The fourth-order valence-electron chi connectivity index (χ4n) is 1.28. The third kappa shape index (κ3) is 4.26. The SMILES string of the molecule is CCCN(Sc1cc(O)[nH]c1O)C(=O)C(=O)N=NCC. The number of aromatic nitrogens is 1. The molecule has 0 unspecified atom stereocenters. The predicted octanol–water partition coefficient (Wildman–Crippen LogP) is 1.67. The number of azo groups is 1. The third-order valence-electron chi connectivity index (χ3n) is 2.10. The van der Waals surface area contributed by atoms with Crippen LogP contribution in [0.15, 0.2) is 21.2 Å². The Hall–Kier alpha value is -2.03. The average Bonchev–Trinajstić information content (AvgIpc) is 2.72. The van der Waals surface area contributed by atoms with Crippen molar-refractivity contribution in [3.63, 3.8) is 0 Å². The second-order valence-corrected chi connectivity index (χ2v) is 4.79. The molecule has 1 aromatic rings.